The van der Waals surface area contributed by atoms with Crippen molar-refractivity contribution in [2.75, 3.05) is 11.9 Å². The fraction of sp³-hybridized carbons (Fsp3) is 0.238. The van der Waals surface area contributed by atoms with Gasteiger partial charge in [0.05, 0.1) is 34.2 Å². The van der Waals surface area contributed by atoms with E-state index in [1.54, 1.807) is 30.5 Å². The number of carbonyl (C=O) groups excluding carboxylic acids is 1. The van der Waals surface area contributed by atoms with Crippen molar-refractivity contribution in [2.45, 2.75) is 26.7 Å². The minimum atomic E-state index is -0.285. The van der Waals surface area contributed by atoms with Gasteiger partial charge in [-0.3, -0.25) is 4.79 Å². The van der Waals surface area contributed by atoms with Crippen molar-refractivity contribution < 1.29 is 9.53 Å². The normalized spacial score (nSPS) is 10.4. The largest absolute Gasteiger partial charge is 0.490 e. The number of pyridine rings is 1. The van der Waals surface area contributed by atoms with E-state index >= 15 is 0 Å². The first-order valence-corrected chi connectivity index (χ1v) is 9.89. The Labute approximate surface area is 177 Å². The molecule has 0 saturated carbocycles. The molecule has 148 valence electrons. The van der Waals surface area contributed by atoms with E-state index in [2.05, 4.69) is 37.4 Å². The minimum absolute atomic E-state index is 0.285. The Hall–Kier alpha value is -3.18. The summed E-state index contributed by atoms with van der Waals surface area (Å²) in [6.45, 7) is 4.29. The third-order valence-electron chi connectivity index (χ3n) is 4.27. The van der Waals surface area contributed by atoms with Gasteiger partial charge in [0.1, 0.15) is 0 Å². The van der Waals surface area contributed by atoms with Gasteiger partial charge in [0, 0.05) is 18.2 Å². The monoisotopic (exact) mass is 453 g/mol. The van der Waals surface area contributed by atoms with Crippen molar-refractivity contribution in [1.29, 1.82) is 5.26 Å². The Morgan fingerprint density at radius 3 is 2.69 bits per heavy atom. The number of aryl methyl sites for hydroxylation is 1. The first-order valence-electron chi connectivity index (χ1n) is 9.09. The third kappa shape index (κ3) is 4.81. The predicted molar refractivity (Wildman–Crippen MR) is 113 cm³/mol. The Morgan fingerprint density at radius 1 is 1.28 bits per heavy atom. The van der Waals surface area contributed by atoms with E-state index in [0.29, 0.717) is 36.6 Å². The number of halogens is 1. The van der Waals surface area contributed by atoms with Crippen LogP contribution in [-0.4, -0.2) is 27.3 Å². The first kappa shape index (κ1) is 20.6. The number of nitriles is 1. The molecule has 0 spiro atoms. The summed E-state index contributed by atoms with van der Waals surface area (Å²) >= 11 is 3.52. The van der Waals surface area contributed by atoms with Gasteiger partial charge in [-0.15, -0.1) is 0 Å². The molecule has 0 aliphatic rings. The first-order chi connectivity index (χ1) is 14.0. The SMILES string of the molecule is Cc1nn(-c2ccc(C(=O)Nc3ncccc3OCCCC#N)cc2)c(C)c1Br. The van der Waals surface area contributed by atoms with Gasteiger partial charge in [0.15, 0.2) is 11.6 Å². The molecule has 7 nitrogen and oxygen atoms in total. The van der Waals surface area contributed by atoms with Crippen LogP contribution in [0.1, 0.15) is 34.6 Å². The van der Waals surface area contributed by atoms with Crippen LogP contribution in [0.25, 0.3) is 5.69 Å². The van der Waals surface area contributed by atoms with E-state index in [4.69, 9.17) is 10.00 Å². The highest BCUT2D eigenvalue weighted by atomic mass is 79.9. The molecule has 1 amide bonds. The molecular weight excluding hydrogens is 434 g/mol. The zero-order valence-corrected chi connectivity index (χ0v) is 17.7. The average Bonchev–Trinajstić information content (AvgIpc) is 2.99. The van der Waals surface area contributed by atoms with Crippen molar-refractivity contribution in [2.24, 2.45) is 0 Å². The van der Waals surface area contributed by atoms with Crippen LogP contribution in [0.15, 0.2) is 47.1 Å². The number of aromatic nitrogens is 3. The fourth-order valence-corrected chi connectivity index (χ4v) is 2.99. The predicted octanol–water partition coefficient (Wildman–Crippen LogP) is 4.58. The minimum Gasteiger partial charge on any atom is -0.490 e. The zero-order chi connectivity index (χ0) is 20.8. The van der Waals surface area contributed by atoms with E-state index in [9.17, 15) is 4.79 Å². The summed E-state index contributed by atoms with van der Waals surface area (Å²) in [4.78, 5) is 16.8. The van der Waals surface area contributed by atoms with Crippen LogP contribution in [0, 0.1) is 25.2 Å². The van der Waals surface area contributed by atoms with Crippen LogP contribution in [0.4, 0.5) is 5.82 Å². The number of benzene rings is 1. The molecular formula is C21H20BrN5O2. The quantitative estimate of drug-likeness (QED) is 0.528. The standard InChI is InChI=1S/C21H20BrN5O2/c1-14-19(22)15(2)27(26-14)17-9-7-16(8-10-17)21(28)25-20-18(6-5-12-24-20)29-13-4-3-11-23/h5-10,12H,3-4,13H2,1-2H3,(H,24,25,28). The molecule has 8 heteroatoms. The van der Waals surface area contributed by atoms with Crippen LogP contribution < -0.4 is 10.1 Å². The second kappa shape index (κ2) is 9.34. The number of amides is 1. The highest BCUT2D eigenvalue weighted by molar-refractivity contribution is 9.10. The molecule has 2 heterocycles. The van der Waals surface area contributed by atoms with Gasteiger partial charge in [-0.05, 0) is 72.6 Å². The number of ether oxygens (including phenoxy) is 1. The second-order valence-electron chi connectivity index (χ2n) is 6.36. The molecule has 29 heavy (non-hydrogen) atoms. The van der Waals surface area contributed by atoms with Gasteiger partial charge >= 0.3 is 0 Å². The molecule has 0 aliphatic heterocycles. The van der Waals surface area contributed by atoms with E-state index < -0.39 is 0 Å². The van der Waals surface area contributed by atoms with Crippen LogP contribution in [0.5, 0.6) is 5.75 Å². The van der Waals surface area contributed by atoms with Gasteiger partial charge < -0.3 is 10.1 Å². The molecule has 3 aromatic rings. The second-order valence-corrected chi connectivity index (χ2v) is 7.15. The molecule has 0 saturated heterocycles. The van der Waals surface area contributed by atoms with Gasteiger partial charge in [0.25, 0.3) is 5.91 Å². The zero-order valence-electron chi connectivity index (χ0n) is 16.1. The van der Waals surface area contributed by atoms with Crippen LogP contribution in [0.2, 0.25) is 0 Å². The molecule has 0 atom stereocenters. The fourth-order valence-electron chi connectivity index (χ4n) is 2.74. The number of nitrogens with zero attached hydrogens (tertiary/aromatic N) is 4. The summed E-state index contributed by atoms with van der Waals surface area (Å²) < 4.78 is 8.43. The van der Waals surface area contributed by atoms with E-state index in [1.807, 2.05) is 30.7 Å². The molecule has 1 aromatic carbocycles. The number of carbonyl (C=O) groups is 1. The summed E-state index contributed by atoms with van der Waals surface area (Å²) in [5, 5.41) is 15.9. The average molecular weight is 454 g/mol. The van der Waals surface area contributed by atoms with Crippen LogP contribution in [0.3, 0.4) is 0 Å². The third-order valence-corrected chi connectivity index (χ3v) is 5.42. The lowest BCUT2D eigenvalue weighted by atomic mass is 10.2. The maximum Gasteiger partial charge on any atom is 0.256 e. The number of rotatable bonds is 7. The Morgan fingerprint density at radius 2 is 2.03 bits per heavy atom. The van der Waals surface area contributed by atoms with Crippen molar-refractivity contribution in [1.82, 2.24) is 14.8 Å². The summed E-state index contributed by atoms with van der Waals surface area (Å²) in [5.74, 6) is 0.538. The molecule has 0 unspecified atom stereocenters. The van der Waals surface area contributed by atoms with Crippen LogP contribution >= 0.6 is 15.9 Å². The lowest BCUT2D eigenvalue weighted by molar-refractivity contribution is 0.102. The number of unbranched alkanes of at least 4 members (excludes halogenated alkanes) is 1. The summed E-state index contributed by atoms with van der Waals surface area (Å²) in [6.07, 6.45) is 2.62. The number of hydrogen-bond donors (Lipinski definition) is 1. The molecule has 3 rings (SSSR count). The van der Waals surface area contributed by atoms with Gasteiger partial charge in [0.2, 0.25) is 0 Å². The highest BCUT2D eigenvalue weighted by Crippen LogP contribution is 2.24. The van der Waals surface area contributed by atoms with Gasteiger partial charge in [-0.1, -0.05) is 0 Å². The molecule has 0 aliphatic carbocycles. The van der Waals surface area contributed by atoms with Crippen molar-refractivity contribution in [3.05, 3.63) is 64.0 Å². The van der Waals surface area contributed by atoms with E-state index in [0.717, 1.165) is 21.5 Å². The molecule has 0 fully saturated rings. The van der Waals surface area contributed by atoms with E-state index in [-0.39, 0.29) is 5.91 Å². The Balaban J connectivity index is 1.72. The molecule has 0 bridgehead atoms. The molecule has 1 N–H and O–H groups in total. The molecule has 0 radical (unpaired) electrons. The summed E-state index contributed by atoms with van der Waals surface area (Å²) in [5.41, 5.74) is 3.26. The Bertz CT molecular complexity index is 1050. The number of nitrogens with one attached hydrogen (secondary N) is 1. The van der Waals surface area contributed by atoms with Crippen molar-refractivity contribution in [3.63, 3.8) is 0 Å². The Kier molecular flexibility index (Phi) is 6.62. The van der Waals surface area contributed by atoms with Crippen molar-refractivity contribution in [3.8, 4) is 17.5 Å². The van der Waals surface area contributed by atoms with Gasteiger partial charge in [-0.2, -0.15) is 10.4 Å². The number of anilines is 1. The smallest absolute Gasteiger partial charge is 0.256 e. The number of hydrogen-bond acceptors (Lipinski definition) is 5. The van der Waals surface area contributed by atoms with Crippen LogP contribution in [-0.2, 0) is 0 Å². The lowest BCUT2D eigenvalue weighted by Gasteiger charge is -2.11. The highest BCUT2D eigenvalue weighted by Gasteiger charge is 2.13. The van der Waals surface area contributed by atoms with Gasteiger partial charge in [-0.25, -0.2) is 9.67 Å². The summed E-state index contributed by atoms with van der Waals surface area (Å²) in [7, 11) is 0. The maximum atomic E-state index is 12.6. The molecule has 2 aromatic heterocycles. The lowest BCUT2D eigenvalue weighted by Crippen LogP contribution is -2.14. The maximum absolute atomic E-state index is 12.6. The topological polar surface area (TPSA) is 92.8 Å². The van der Waals surface area contributed by atoms with Crippen molar-refractivity contribution >= 4 is 27.7 Å². The summed E-state index contributed by atoms with van der Waals surface area (Å²) in [6, 6.07) is 12.7. The van der Waals surface area contributed by atoms with E-state index in [1.165, 1.54) is 0 Å².